The molecule has 0 saturated carbocycles. The zero-order chi connectivity index (χ0) is 10.7. The lowest BCUT2D eigenvalue weighted by Gasteiger charge is -2.10. The van der Waals surface area contributed by atoms with Crippen molar-refractivity contribution in [2.45, 2.75) is 12.5 Å². The van der Waals surface area contributed by atoms with Crippen LogP contribution in [0.25, 0.3) is 0 Å². The van der Waals surface area contributed by atoms with Crippen molar-refractivity contribution in [3.05, 3.63) is 50.0 Å². The largest absolute Gasteiger partial charge is 0.324 e. The van der Waals surface area contributed by atoms with E-state index in [1.165, 1.54) is 14.0 Å². The van der Waals surface area contributed by atoms with Crippen molar-refractivity contribution in [3.63, 3.8) is 0 Å². The van der Waals surface area contributed by atoms with Crippen LogP contribution in [0.3, 0.4) is 0 Å². The molecule has 0 radical (unpaired) electrons. The van der Waals surface area contributed by atoms with Crippen LogP contribution in [0.15, 0.2) is 36.0 Å². The number of nitrogens with two attached hydrogens (primary N) is 1. The first kappa shape index (κ1) is 11.0. The summed E-state index contributed by atoms with van der Waals surface area (Å²) in [6.07, 6.45) is 2.75. The van der Waals surface area contributed by atoms with Crippen LogP contribution in [-0.4, -0.2) is 4.98 Å². The molecule has 15 heavy (non-hydrogen) atoms. The molecule has 0 fully saturated rings. The van der Waals surface area contributed by atoms with Gasteiger partial charge in [-0.25, -0.2) is 0 Å². The van der Waals surface area contributed by atoms with Gasteiger partial charge < -0.3 is 5.73 Å². The van der Waals surface area contributed by atoms with Crippen molar-refractivity contribution < 1.29 is 0 Å². The first-order chi connectivity index (χ1) is 7.25. The normalized spacial score (nSPS) is 12.7. The van der Waals surface area contributed by atoms with Gasteiger partial charge in [0.25, 0.3) is 0 Å². The first-order valence-electron chi connectivity index (χ1n) is 4.64. The summed E-state index contributed by atoms with van der Waals surface area (Å²) in [4.78, 5) is 5.28. The average Bonchev–Trinajstić information content (AvgIpc) is 2.71. The molecule has 4 heteroatoms. The maximum Gasteiger partial charge on any atom is 0.0794 e. The Balaban J connectivity index is 2.08. The Morgan fingerprint density at radius 1 is 1.33 bits per heavy atom. The van der Waals surface area contributed by atoms with Crippen molar-refractivity contribution in [2.75, 3.05) is 0 Å². The predicted molar refractivity (Wildman–Crippen MR) is 71.9 cm³/mol. The van der Waals surface area contributed by atoms with Crippen LogP contribution in [0.4, 0.5) is 0 Å². The van der Waals surface area contributed by atoms with Gasteiger partial charge in [-0.3, -0.25) is 4.98 Å². The maximum absolute atomic E-state index is 6.11. The van der Waals surface area contributed by atoms with Crippen LogP contribution in [0, 0.1) is 3.57 Å². The molecule has 0 aliphatic rings. The minimum absolute atomic E-state index is 0.0717. The van der Waals surface area contributed by atoms with E-state index in [1.54, 1.807) is 11.3 Å². The van der Waals surface area contributed by atoms with Gasteiger partial charge in [-0.05, 0) is 40.3 Å². The van der Waals surface area contributed by atoms with E-state index in [-0.39, 0.29) is 6.04 Å². The second kappa shape index (κ2) is 5.05. The van der Waals surface area contributed by atoms with Crippen molar-refractivity contribution in [1.29, 1.82) is 0 Å². The van der Waals surface area contributed by atoms with E-state index in [2.05, 4.69) is 51.8 Å². The minimum atomic E-state index is 0.0717. The van der Waals surface area contributed by atoms with Crippen molar-refractivity contribution >= 4 is 33.9 Å². The van der Waals surface area contributed by atoms with Crippen LogP contribution in [0.1, 0.15) is 16.5 Å². The van der Waals surface area contributed by atoms with Gasteiger partial charge in [0.15, 0.2) is 0 Å². The van der Waals surface area contributed by atoms with Crippen LogP contribution in [0.5, 0.6) is 0 Å². The summed E-state index contributed by atoms with van der Waals surface area (Å²) in [5.41, 5.74) is 9.14. The summed E-state index contributed by atoms with van der Waals surface area (Å²) in [6.45, 7) is 0. The number of aromatic nitrogens is 1. The Labute approximate surface area is 107 Å². The second-order valence-electron chi connectivity index (χ2n) is 3.33. The molecule has 0 aliphatic carbocycles. The molecule has 2 N–H and O–H groups in total. The van der Waals surface area contributed by atoms with Crippen molar-refractivity contribution in [1.82, 2.24) is 4.98 Å². The number of hydrogen-bond donors (Lipinski definition) is 1. The molecule has 0 amide bonds. The minimum Gasteiger partial charge on any atom is -0.324 e. The average molecular weight is 330 g/mol. The van der Waals surface area contributed by atoms with Crippen molar-refractivity contribution in [2.24, 2.45) is 5.73 Å². The third-order valence-corrected chi connectivity index (χ3v) is 3.72. The molecule has 1 aromatic heterocycles. The number of benzene rings is 1. The Hall–Kier alpha value is -0.460. The molecular weight excluding hydrogens is 319 g/mol. The molecule has 1 aromatic carbocycles. The Kier molecular flexibility index (Phi) is 3.71. The Morgan fingerprint density at radius 2 is 2.07 bits per heavy atom. The zero-order valence-corrected chi connectivity index (χ0v) is 11.0. The molecule has 0 aliphatic heterocycles. The standard InChI is InChI=1S/C11H11IN2S/c12-9-3-1-8(2-4-9)11(13)5-10-6-14-7-15-10/h1-4,6-7,11H,5,13H2. The van der Waals surface area contributed by atoms with Gasteiger partial charge in [0.05, 0.1) is 5.51 Å². The Bertz CT molecular complexity index is 411. The fourth-order valence-corrected chi connectivity index (χ4v) is 2.40. The van der Waals surface area contributed by atoms with Gasteiger partial charge in [-0.15, -0.1) is 11.3 Å². The number of halogens is 1. The maximum atomic E-state index is 6.11. The Morgan fingerprint density at radius 3 is 2.67 bits per heavy atom. The van der Waals surface area contributed by atoms with E-state index in [9.17, 15) is 0 Å². The monoisotopic (exact) mass is 330 g/mol. The highest BCUT2D eigenvalue weighted by Crippen LogP contribution is 2.19. The smallest absolute Gasteiger partial charge is 0.0794 e. The van der Waals surface area contributed by atoms with Gasteiger partial charge in [-0.2, -0.15) is 0 Å². The van der Waals surface area contributed by atoms with E-state index in [1.807, 2.05) is 11.7 Å². The van der Waals surface area contributed by atoms with Gasteiger partial charge in [0.1, 0.15) is 0 Å². The predicted octanol–water partition coefficient (Wildman–Crippen LogP) is 2.99. The van der Waals surface area contributed by atoms with Gasteiger partial charge in [0.2, 0.25) is 0 Å². The molecule has 1 unspecified atom stereocenters. The number of thiazole rings is 1. The lowest BCUT2D eigenvalue weighted by atomic mass is 10.0. The van der Waals surface area contributed by atoms with E-state index in [0.29, 0.717) is 0 Å². The van der Waals surface area contributed by atoms with Crippen molar-refractivity contribution in [3.8, 4) is 0 Å². The molecule has 0 saturated heterocycles. The highest BCUT2D eigenvalue weighted by Gasteiger charge is 2.07. The molecule has 78 valence electrons. The summed E-state index contributed by atoms with van der Waals surface area (Å²) < 4.78 is 1.24. The summed E-state index contributed by atoms with van der Waals surface area (Å²) in [7, 11) is 0. The summed E-state index contributed by atoms with van der Waals surface area (Å²) >= 11 is 3.95. The first-order valence-corrected chi connectivity index (χ1v) is 6.60. The summed E-state index contributed by atoms with van der Waals surface area (Å²) in [5, 5.41) is 0. The summed E-state index contributed by atoms with van der Waals surface area (Å²) in [5.74, 6) is 0. The fourth-order valence-electron chi connectivity index (χ4n) is 1.39. The van der Waals surface area contributed by atoms with E-state index < -0.39 is 0 Å². The third-order valence-electron chi connectivity index (χ3n) is 2.20. The van der Waals surface area contributed by atoms with Crippen LogP contribution in [-0.2, 0) is 6.42 Å². The van der Waals surface area contributed by atoms with Crippen LogP contribution >= 0.6 is 33.9 Å². The molecule has 1 heterocycles. The van der Waals surface area contributed by atoms with E-state index >= 15 is 0 Å². The number of rotatable bonds is 3. The molecular formula is C11H11IN2S. The van der Waals surface area contributed by atoms with E-state index in [4.69, 9.17) is 5.73 Å². The topological polar surface area (TPSA) is 38.9 Å². The molecule has 0 spiro atoms. The lowest BCUT2D eigenvalue weighted by molar-refractivity contribution is 0.729. The van der Waals surface area contributed by atoms with Gasteiger partial charge >= 0.3 is 0 Å². The zero-order valence-electron chi connectivity index (χ0n) is 8.06. The van der Waals surface area contributed by atoms with Crippen LogP contribution < -0.4 is 5.73 Å². The molecule has 2 rings (SSSR count). The molecule has 2 aromatic rings. The molecule has 2 nitrogen and oxygen atoms in total. The lowest BCUT2D eigenvalue weighted by Crippen LogP contribution is -2.12. The van der Waals surface area contributed by atoms with Crippen LogP contribution in [0.2, 0.25) is 0 Å². The highest BCUT2D eigenvalue weighted by atomic mass is 127. The molecule has 0 bridgehead atoms. The SMILES string of the molecule is NC(Cc1cncs1)c1ccc(I)cc1. The number of hydrogen-bond acceptors (Lipinski definition) is 3. The fraction of sp³-hybridized carbons (Fsp3) is 0.182. The molecule has 1 atom stereocenters. The van der Waals surface area contributed by atoms with Gasteiger partial charge in [-0.1, -0.05) is 12.1 Å². The number of nitrogens with zero attached hydrogens (tertiary/aromatic N) is 1. The quantitative estimate of drug-likeness (QED) is 0.879. The van der Waals surface area contributed by atoms with Gasteiger partial charge in [0, 0.05) is 27.1 Å². The third kappa shape index (κ3) is 2.99. The second-order valence-corrected chi connectivity index (χ2v) is 5.55. The highest BCUT2D eigenvalue weighted by molar-refractivity contribution is 14.1. The van der Waals surface area contributed by atoms with E-state index in [0.717, 1.165) is 6.42 Å². The summed E-state index contributed by atoms with van der Waals surface area (Å²) in [6, 6.07) is 8.42.